The maximum atomic E-state index is 13.8. The quantitative estimate of drug-likeness (QED) is 0.690. The minimum absolute atomic E-state index is 0.141. The first-order chi connectivity index (χ1) is 14.0. The number of benzene rings is 2. The summed E-state index contributed by atoms with van der Waals surface area (Å²) in [6.07, 6.45) is 1.77. The third kappa shape index (κ3) is 4.05. The number of carbonyl (C=O) groups excluding carboxylic acids is 1. The van der Waals surface area contributed by atoms with Gasteiger partial charge in [-0.3, -0.25) is 4.98 Å². The van der Waals surface area contributed by atoms with Gasteiger partial charge in [0.05, 0.1) is 12.6 Å². The van der Waals surface area contributed by atoms with Crippen LogP contribution in [0.15, 0.2) is 48.7 Å². The number of halogens is 2. The van der Waals surface area contributed by atoms with E-state index in [1.54, 1.807) is 17.2 Å². The van der Waals surface area contributed by atoms with Gasteiger partial charge in [-0.05, 0) is 36.4 Å². The SMILES string of the molecule is COc1ccc(NC(=O)N2CCN(c3ccnc4cc(Cl)ccc34)CC2)cc1F. The number of hydrogen-bond donors (Lipinski definition) is 1. The van der Waals surface area contributed by atoms with E-state index in [0.717, 1.165) is 16.6 Å². The van der Waals surface area contributed by atoms with Crippen molar-refractivity contribution in [3.63, 3.8) is 0 Å². The Morgan fingerprint density at radius 2 is 1.93 bits per heavy atom. The molecular weight excluding hydrogens is 395 g/mol. The summed E-state index contributed by atoms with van der Waals surface area (Å²) in [7, 11) is 1.40. The van der Waals surface area contributed by atoms with Crippen LogP contribution in [0.5, 0.6) is 5.75 Å². The maximum Gasteiger partial charge on any atom is 0.321 e. The fourth-order valence-electron chi connectivity index (χ4n) is 3.48. The Morgan fingerprint density at radius 1 is 1.14 bits per heavy atom. The Bertz CT molecular complexity index is 1050. The van der Waals surface area contributed by atoms with Crippen LogP contribution in [-0.2, 0) is 0 Å². The standard InChI is InChI=1S/C21H20ClFN4O2/c1-29-20-5-3-15(13-17(20)23)25-21(28)27-10-8-26(9-11-27)19-6-7-24-18-12-14(22)2-4-16(18)19/h2-7,12-13H,8-11H2,1H3,(H,25,28). The number of rotatable bonds is 3. The second-order valence-corrected chi connectivity index (χ2v) is 7.18. The molecule has 0 saturated carbocycles. The van der Waals surface area contributed by atoms with E-state index in [2.05, 4.69) is 15.2 Å². The van der Waals surface area contributed by atoms with Gasteiger partial charge in [0.25, 0.3) is 0 Å². The minimum Gasteiger partial charge on any atom is -0.494 e. The van der Waals surface area contributed by atoms with Gasteiger partial charge in [-0.2, -0.15) is 0 Å². The number of nitrogens with one attached hydrogen (secondary N) is 1. The molecule has 0 spiro atoms. The molecule has 3 aromatic rings. The Labute approximate surface area is 172 Å². The summed E-state index contributed by atoms with van der Waals surface area (Å²) in [5.74, 6) is -0.373. The topological polar surface area (TPSA) is 57.7 Å². The lowest BCUT2D eigenvalue weighted by atomic mass is 10.1. The molecule has 0 atom stereocenters. The van der Waals surface area contributed by atoms with Gasteiger partial charge in [-0.15, -0.1) is 0 Å². The Balaban J connectivity index is 1.42. The van der Waals surface area contributed by atoms with Crippen molar-refractivity contribution in [2.24, 2.45) is 0 Å². The van der Waals surface area contributed by atoms with Crippen molar-refractivity contribution in [2.45, 2.75) is 0 Å². The molecule has 29 heavy (non-hydrogen) atoms. The van der Waals surface area contributed by atoms with Crippen LogP contribution >= 0.6 is 11.6 Å². The fraction of sp³-hybridized carbons (Fsp3) is 0.238. The van der Waals surface area contributed by atoms with Crippen molar-refractivity contribution < 1.29 is 13.9 Å². The lowest BCUT2D eigenvalue weighted by Gasteiger charge is -2.36. The molecule has 2 amide bonds. The first-order valence-electron chi connectivity index (χ1n) is 9.24. The summed E-state index contributed by atoms with van der Waals surface area (Å²) >= 11 is 6.07. The molecule has 1 aliphatic rings. The summed E-state index contributed by atoms with van der Waals surface area (Å²) in [6, 6.07) is 11.8. The zero-order valence-corrected chi connectivity index (χ0v) is 16.6. The monoisotopic (exact) mass is 414 g/mol. The highest BCUT2D eigenvalue weighted by atomic mass is 35.5. The number of methoxy groups -OCH3 is 1. The zero-order chi connectivity index (χ0) is 20.4. The average molecular weight is 415 g/mol. The van der Waals surface area contributed by atoms with Gasteiger partial charge >= 0.3 is 6.03 Å². The summed E-state index contributed by atoms with van der Waals surface area (Å²) in [5, 5.41) is 4.43. The summed E-state index contributed by atoms with van der Waals surface area (Å²) < 4.78 is 18.7. The number of nitrogens with zero attached hydrogens (tertiary/aromatic N) is 3. The van der Waals surface area contributed by atoms with E-state index in [0.29, 0.717) is 36.9 Å². The van der Waals surface area contributed by atoms with Crippen LogP contribution in [-0.4, -0.2) is 49.2 Å². The molecule has 1 fully saturated rings. The van der Waals surface area contributed by atoms with Crippen molar-refractivity contribution in [3.8, 4) is 5.75 Å². The second-order valence-electron chi connectivity index (χ2n) is 6.75. The molecule has 1 N–H and O–H groups in total. The third-order valence-corrected chi connectivity index (χ3v) is 5.23. The number of urea groups is 1. The molecule has 2 aromatic carbocycles. The van der Waals surface area contributed by atoms with Crippen molar-refractivity contribution in [1.29, 1.82) is 0 Å². The summed E-state index contributed by atoms with van der Waals surface area (Å²) in [4.78, 5) is 20.9. The van der Waals surface area contributed by atoms with Gasteiger partial charge in [0, 0.05) is 60.2 Å². The van der Waals surface area contributed by atoms with E-state index < -0.39 is 5.82 Å². The molecule has 0 bridgehead atoms. The molecule has 0 aliphatic carbocycles. The zero-order valence-electron chi connectivity index (χ0n) is 15.9. The number of amides is 2. The van der Waals surface area contributed by atoms with Crippen molar-refractivity contribution in [2.75, 3.05) is 43.5 Å². The molecular formula is C21H20ClFN4O2. The van der Waals surface area contributed by atoms with Gasteiger partial charge in [0.15, 0.2) is 11.6 Å². The number of piperazine rings is 1. The lowest BCUT2D eigenvalue weighted by molar-refractivity contribution is 0.208. The average Bonchev–Trinajstić information content (AvgIpc) is 2.73. The van der Waals surface area contributed by atoms with Crippen LogP contribution in [0.2, 0.25) is 5.02 Å². The van der Waals surface area contributed by atoms with E-state index in [4.69, 9.17) is 16.3 Å². The Kier molecular flexibility index (Phi) is 5.40. The molecule has 150 valence electrons. The number of fused-ring (bicyclic) bond motifs is 1. The molecule has 1 aliphatic heterocycles. The van der Waals surface area contributed by atoms with E-state index in [1.165, 1.54) is 19.2 Å². The highest BCUT2D eigenvalue weighted by Gasteiger charge is 2.22. The number of pyridine rings is 1. The minimum atomic E-state index is -0.514. The molecule has 0 unspecified atom stereocenters. The lowest BCUT2D eigenvalue weighted by Crippen LogP contribution is -2.50. The van der Waals surface area contributed by atoms with Gasteiger partial charge in [0.2, 0.25) is 0 Å². The van der Waals surface area contributed by atoms with E-state index in [1.807, 2.05) is 24.3 Å². The van der Waals surface area contributed by atoms with Crippen LogP contribution in [0.25, 0.3) is 10.9 Å². The predicted octanol–water partition coefficient (Wildman–Crippen LogP) is 4.39. The molecule has 0 radical (unpaired) electrons. The first-order valence-corrected chi connectivity index (χ1v) is 9.61. The van der Waals surface area contributed by atoms with Crippen LogP contribution in [0.4, 0.5) is 20.6 Å². The number of anilines is 2. The second kappa shape index (κ2) is 8.13. The smallest absolute Gasteiger partial charge is 0.321 e. The maximum absolute atomic E-state index is 13.8. The van der Waals surface area contributed by atoms with Crippen LogP contribution in [0.3, 0.4) is 0 Å². The number of ether oxygens (including phenoxy) is 1. The normalized spacial score (nSPS) is 14.2. The van der Waals surface area contributed by atoms with Gasteiger partial charge in [-0.25, -0.2) is 9.18 Å². The number of aromatic nitrogens is 1. The molecule has 1 aromatic heterocycles. The van der Waals surface area contributed by atoms with E-state index in [9.17, 15) is 9.18 Å². The number of carbonyl (C=O) groups is 1. The van der Waals surface area contributed by atoms with Crippen molar-refractivity contribution in [3.05, 3.63) is 59.5 Å². The van der Waals surface area contributed by atoms with Gasteiger partial charge < -0.3 is 19.9 Å². The van der Waals surface area contributed by atoms with Gasteiger partial charge in [-0.1, -0.05) is 11.6 Å². The largest absolute Gasteiger partial charge is 0.494 e. The molecule has 2 heterocycles. The fourth-order valence-corrected chi connectivity index (χ4v) is 3.65. The number of hydrogen-bond acceptors (Lipinski definition) is 4. The van der Waals surface area contributed by atoms with E-state index in [-0.39, 0.29) is 11.8 Å². The summed E-state index contributed by atoms with van der Waals surface area (Å²) in [6.45, 7) is 2.49. The Morgan fingerprint density at radius 3 is 2.66 bits per heavy atom. The van der Waals surface area contributed by atoms with Crippen LogP contribution in [0, 0.1) is 5.82 Å². The molecule has 1 saturated heterocycles. The predicted molar refractivity (Wildman–Crippen MR) is 113 cm³/mol. The van der Waals surface area contributed by atoms with Gasteiger partial charge in [0.1, 0.15) is 0 Å². The van der Waals surface area contributed by atoms with Crippen molar-refractivity contribution >= 4 is 39.9 Å². The van der Waals surface area contributed by atoms with E-state index >= 15 is 0 Å². The first kappa shape index (κ1) is 19.3. The molecule has 6 nitrogen and oxygen atoms in total. The highest BCUT2D eigenvalue weighted by molar-refractivity contribution is 6.31. The highest BCUT2D eigenvalue weighted by Crippen LogP contribution is 2.28. The van der Waals surface area contributed by atoms with Crippen molar-refractivity contribution in [1.82, 2.24) is 9.88 Å². The van der Waals surface area contributed by atoms with Crippen LogP contribution in [0.1, 0.15) is 0 Å². The molecule has 8 heteroatoms. The third-order valence-electron chi connectivity index (χ3n) is 4.99. The Hall–Kier alpha value is -3.06. The molecule has 4 rings (SSSR count). The summed E-state index contributed by atoms with van der Waals surface area (Å²) in [5.41, 5.74) is 2.31. The van der Waals surface area contributed by atoms with Crippen LogP contribution < -0.4 is 15.0 Å².